The van der Waals surface area contributed by atoms with Gasteiger partial charge in [-0.05, 0) is 44.0 Å². The fourth-order valence-electron chi connectivity index (χ4n) is 2.50. The van der Waals surface area contributed by atoms with Gasteiger partial charge in [0.2, 0.25) is 10.0 Å². The summed E-state index contributed by atoms with van der Waals surface area (Å²) in [7, 11) is -3.61. The van der Waals surface area contributed by atoms with E-state index in [0.717, 1.165) is 11.3 Å². The van der Waals surface area contributed by atoms with Gasteiger partial charge in [-0.2, -0.15) is 5.10 Å². The average molecular weight is 346 g/mol. The van der Waals surface area contributed by atoms with Gasteiger partial charge in [-0.3, -0.25) is 0 Å². The topological polar surface area (TPSA) is 90.0 Å². The summed E-state index contributed by atoms with van der Waals surface area (Å²) in [5.41, 5.74) is 2.36. The van der Waals surface area contributed by atoms with Gasteiger partial charge >= 0.3 is 0 Å². The van der Waals surface area contributed by atoms with Crippen molar-refractivity contribution in [3.05, 3.63) is 59.7 Å². The summed E-state index contributed by atoms with van der Waals surface area (Å²) in [6.45, 7) is 3.50. The first-order valence-electron chi connectivity index (χ1n) is 7.49. The van der Waals surface area contributed by atoms with Crippen LogP contribution in [0, 0.1) is 13.8 Å². The van der Waals surface area contributed by atoms with Crippen molar-refractivity contribution in [2.45, 2.75) is 25.2 Å². The van der Waals surface area contributed by atoms with Gasteiger partial charge in [0, 0.05) is 18.9 Å². The zero-order valence-corrected chi connectivity index (χ0v) is 14.2. The molecule has 0 bridgehead atoms. The van der Waals surface area contributed by atoms with Crippen LogP contribution in [0.1, 0.15) is 17.0 Å². The van der Waals surface area contributed by atoms with Crippen LogP contribution in [0.25, 0.3) is 5.69 Å². The fourth-order valence-corrected chi connectivity index (χ4v) is 3.85. The minimum absolute atomic E-state index is 0.122. The highest BCUT2D eigenvalue weighted by molar-refractivity contribution is 7.89. The van der Waals surface area contributed by atoms with E-state index >= 15 is 0 Å². The Labute approximate surface area is 140 Å². The van der Waals surface area contributed by atoms with Gasteiger partial charge in [-0.15, -0.1) is 0 Å². The molecule has 1 N–H and O–H groups in total. The van der Waals surface area contributed by atoms with Crippen molar-refractivity contribution < 1.29 is 12.9 Å². The number of aromatic nitrogens is 3. The van der Waals surface area contributed by atoms with Crippen LogP contribution in [0.4, 0.5) is 0 Å². The van der Waals surface area contributed by atoms with Gasteiger partial charge in [0.25, 0.3) is 0 Å². The van der Waals surface area contributed by atoms with E-state index in [9.17, 15) is 8.42 Å². The van der Waals surface area contributed by atoms with E-state index in [1.807, 2.05) is 36.5 Å². The molecular weight excluding hydrogens is 328 g/mol. The van der Waals surface area contributed by atoms with Crippen molar-refractivity contribution in [1.29, 1.82) is 0 Å². The van der Waals surface area contributed by atoms with Crippen LogP contribution in [-0.2, 0) is 16.4 Å². The second-order valence-electron chi connectivity index (χ2n) is 5.42. The first-order chi connectivity index (χ1) is 11.5. The molecular formula is C16H18N4O3S. The molecule has 3 rings (SSSR count). The fraction of sp³-hybridized carbons (Fsp3) is 0.250. The lowest BCUT2D eigenvalue weighted by atomic mass is 10.1. The molecule has 8 heteroatoms. The molecule has 0 saturated carbocycles. The Bertz CT molecular complexity index is 893. The highest BCUT2D eigenvalue weighted by Gasteiger charge is 2.23. The van der Waals surface area contributed by atoms with E-state index in [4.69, 9.17) is 4.52 Å². The zero-order valence-electron chi connectivity index (χ0n) is 13.4. The van der Waals surface area contributed by atoms with Crippen LogP contribution in [0.5, 0.6) is 0 Å². The molecule has 0 saturated heterocycles. The van der Waals surface area contributed by atoms with E-state index < -0.39 is 10.0 Å². The van der Waals surface area contributed by atoms with Crippen molar-refractivity contribution in [1.82, 2.24) is 19.7 Å². The Kier molecular flexibility index (Phi) is 4.50. The summed E-state index contributed by atoms with van der Waals surface area (Å²) in [5, 5.41) is 7.85. The third-order valence-electron chi connectivity index (χ3n) is 3.65. The minimum atomic E-state index is -3.61. The maximum atomic E-state index is 12.3. The summed E-state index contributed by atoms with van der Waals surface area (Å²) in [6, 6.07) is 9.68. The van der Waals surface area contributed by atoms with Crippen LogP contribution in [-0.4, -0.2) is 29.9 Å². The lowest BCUT2D eigenvalue weighted by molar-refractivity contribution is 0.390. The molecule has 2 heterocycles. The lowest BCUT2D eigenvalue weighted by Gasteiger charge is -2.07. The van der Waals surface area contributed by atoms with Crippen LogP contribution < -0.4 is 4.72 Å². The van der Waals surface area contributed by atoms with Gasteiger partial charge in [-0.1, -0.05) is 17.3 Å². The summed E-state index contributed by atoms with van der Waals surface area (Å²) >= 11 is 0. The number of nitrogens with zero attached hydrogens (tertiary/aromatic N) is 3. The molecule has 0 aliphatic carbocycles. The summed E-state index contributed by atoms with van der Waals surface area (Å²) in [6.07, 6.45) is 4.17. The normalized spacial score (nSPS) is 11.8. The van der Waals surface area contributed by atoms with Gasteiger partial charge in [0.15, 0.2) is 5.76 Å². The highest BCUT2D eigenvalue weighted by atomic mass is 32.2. The molecule has 24 heavy (non-hydrogen) atoms. The molecule has 126 valence electrons. The molecule has 0 aliphatic rings. The molecule has 3 aromatic rings. The van der Waals surface area contributed by atoms with Crippen LogP contribution in [0.2, 0.25) is 0 Å². The Morgan fingerprint density at radius 3 is 2.54 bits per heavy atom. The SMILES string of the molecule is Cc1noc(C)c1S(=O)(=O)NCCc1ccc(-n2cccn2)cc1. The van der Waals surface area contributed by atoms with Crippen molar-refractivity contribution in [2.75, 3.05) is 6.54 Å². The smallest absolute Gasteiger partial charge is 0.245 e. The molecule has 0 radical (unpaired) electrons. The monoisotopic (exact) mass is 346 g/mol. The number of sulfonamides is 1. The van der Waals surface area contributed by atoms with Gasteiger partial charge in [0.05, 0.1) is 5.69 Å². The van der Waals surface area contributed by atoms with Gasteiger partial charge in [-0.25, -0.2) is 17.8 Å². The predicted octanol–water partition coefficient (Wildman–Crippen LogP) is 2.00. The minimum Gasteiger partial charge on any atom is -0.360 e. The van der Waals surface area contributed by atoms with Gasteiger partial charge < -0.3 is 4.52 Å². The quantitative estimate of drug-likeness (QED) is 0.737. The molecule has 0 spiro atoms. The lowest BCUT2D eigenvalue weighted by Crippen LogP contribution is -2.26. The third kappa shape index (κ3) is 3.39. The van der Waals surface area contributed by atoms with E-state index in [1.165, 1.54) is 0 Å². The molecule has 0 unspecified atom stereocenters. The summed E-state index contributed by atoms with van der Waals surface area (Å²) < 4.78 is 33.9. The molecule has 0 atom stereocenters. The molecule has 1 aromatic carbocycles. The third-order valence-corrected chi connectivity index (χ3v) is 5.35. The number of hydrogen-bond donors (Lipinski definition) is 1. The number of nitrogens with one attached hydrogen (secondary N) is 1. The van der Waals surface area contributed by atoms with Crippen molar-refractivity contribution in [3.63, 3.8) is 0 Å². The Morgan fingerprint density at radius 2 is 1.96 bits per heavy atom. The first kappa shape index (κ1) is 16.4. The number of rotatable bonds is 6. The maximum absolute atomic E-state index is 12.3. The second-order valence-corrected chi connectivity index (χ2v) is 7.12. The Morgan fingerprint density at radius 1 is 1.21 bits per heavy atom. The molecule has 0 fully saturated rings. The first-order valence-corrected chi connectivity index (χ1v) is 8.97. The zero-order chi connectivity index (χ0) is 17.2. The summed E-state index contributed by atoms with van der Waals surface area (Å²) in [5.74, 6) is 0.295. The van der Waals surface area contributed by atoms with Crippen molar-refractivity contribution in [3.8, 4) is 5.69 Å². The highest BCUT2D eigenvalue weighted by Crippen LogP contribution is 2.18. The number of benzene rings is 1. The van der Waals surface area contributed by atoms with E-state index in [1.54, 1.807) is 24.7 Å². The van der Waals surface area contributed by atoms with Crippen LogP contribution in [0.15, 0.2) is 52.1 Å². The Hall–Kier alpha value is -2.45. The molecule has 0 aliphatic heterocycles. The van der Waals surface area contributed by atoms with E-state index in [0.29, 0.717) is 24.4 Å². The van der Waals surface area contributed by atoms with Crippen molar-refractivity contribution >= 4 is 10.0 Å². The predicted molar refractivity (Wildman–Crippen MR) is 88.4 cm³/mol. The van der Waals surface area contributed by atoms with Gasteiger partial charge in [0.1, 0.15) is 10.6 Å². The molecule has 2 aromatic heterocycles. The second kappa shape index (κ2) is 6.58. The van der Waals surface area contributed by atoms with Crippen LogP contribution >= 0.6 is 0 Å². The van der Waals surface area contributed by atoms with E-state index in [-0.39, 0.29) is 4.90 Å². The average Bonchev–Trinajstić information content (AvgIpc) is 3.18. The number of aryl methyl sites for hydroxylation is 2. The van der Waals surface area contributed by atoms with Crippen LogP contribution in [0.3, 0.4) is 0 Å². The van der Waals surface area contributed by atoms with E-state index in [2.05, 4.69) is 15.0 Å². The summed E-state index contributed by atoms with van der Waals surface area (Å²) in [4.78, 5) is 0.122. The largest absolute Gasteiger partial charge is 0.360 e. The number of hydrogen-bond acceptors (Lipinski definition) is 5. The Balaban J connectivity index is 1.62. The standard InChI is InChI=1S/C16H18N4O3S/c1-12-16(13(2)23-19-12)24(21,22)18-10-8-14-4-6-15(7-5-14)20-11-3-9-17-20/h3-7,9,11,18H,8,10H2,1-2H3. The molecule has 0 amide bonds. The van der Waals surface area contributed by atoms with Crippen molar-refractivity contribution in [2.24, 2.45) is 0 Å². The molecule has 7 nitrogen and oxygen atoms in total. The maximum Gasteiger partial charge on any atom is 0.245 e.